The fourth-order valence-corrected chi connectivity index (χ4v) is 3.75. The van der Waals surface area contributed by atoms with Gasteiger partial charge in [-0.25, -0.2) is 4.99 Å². The molecule has 0 saturated carbocycles. The molecule has 174 valence electrons. The molecule has 0 radical (unpaired) electrons. The molecule has 0 bridgehead atoms. The molecule has 2 heterocycles. The summed E-state index contributed by atoms with van der Waals surface area (Å²) in [5, 5.41) is 11.6. The van der Waals surface area contributed by atoms with Crippen molar-refractivity contribution in [2.45, 2.75) is 53.8 Å². The number of nitrogens with one attached hydrogen (secondary N) is 2. The summed E-state index contributed by atoms with van der Waals surface area (Å²) >= 11 is 0. The number of hydrogen-bond donors (Lipinski definition) is 2. The lowest BCUT2D eigenvalue weighted by molar-refractivity contribution is 0.00752. The molecule has 9 heteroatoms. The van der Waals surface area contributed by atoms with Crippen LogP contribution in [0.3, 0.4) is 0 Å². The van der Waals surface area contributed by atoms with Crippen molar-refractivity contribution in [1.29, 1.82) is 0 Å². The molecule has 0 spiro atoms. The number of guanidine groups is 1. The summed E-state index contributed by atoms with van der Waals surface area (Å²) in [6.45, 7) is 18.2. The van der Waals surface area contributed by atoms with E-state index in [9.17, 15) is 0 Å². The number of nitrogens with zero attached hydrogens (tertiary/aromatic N) is 4. The Balaban J connectivity index is 0.00000450. The lowest BCUT2D eigenvalue weighted by atomic mass is 10.0. The van der Waals surface area contributed by atoms with Gasteiger partial charge in [0, 0.05) is 50.6 Å². The molecule has 8 nitrogen and oxygen atoms in total. The number of aromatic nitrogens is 2. The predicted molar refractivity (Wildman–Crippen MR) is 133 cm³/mol. The van der Waals surface area contributed by atoms with Gasteiger partial charge in [-0.05, 0) is 26.7 Å². The fraction of sp³-hybridized carbons (Fsp3) is 0.810. The second-order valence-corrected chi connectivity index (χ2v) is 7.90. The summed E-state index contributed by atoms with van der Waals surface area (Å²) in [6.07, 6.45) is 0. The van der Waals surface area contributed by atoms with E-state index in [2.05, 4.69) is 55.3 Å². The summed E-state index contributed by atoms with van der Waals surface area (Å²) in [7, 11) is 1.71. The highest BCUT2D eigenvalue weighted by Gasteiger charge is 2.24. The number of hydrogen-bond acceptors (Lipinski definition) is 5. The molecule has 1 aliphatic heterocycles. The van der Waals surface area contributed by atoms with Gasteiger partial charge in [0.15, 0.2) is 5.96 Å². The number of methoxy groups -OCH3 is 1. The molecular formula is C21H41IN6O2. The van der Waals surface area contributed by atoms with E-state index in [1.54, 1.807) is 7.11 Å². The molecule has 1 aromatic rings. The minimum absolute atomic E-state index is 0. The topological polar surface area (TPSA) is 75.9 Å². The van der Waals surface area contributed by atoms with E-state index in [-0.39, 0.29) is 24.0 Å². The van der Waals surface area contributed by atoms with Crippen molar-refractivity contribution in [3.63, 3.8) is 0 Å². The number of rotatable bonds is 10. The molecule has 30 heavy (non-hydrogen) atoms. The molecule has 0 aromatic carbocycles. The molecule has 1 aliphatic rings. The Hall–Kier alpha value is -0.910. The Kier molecular flexibility index (Phi) is 12.8. The van der Waals surface area contributed by atoms with Crippen molar-refractivity contribution in [1.82, 2.24) is 25.3 Å². The maximum atomic E-state index is 5.52. The monoisotopic (exact) mass is 536 g/mol. The van der Waals surface area contributed by atoms with E-state index < -0.39 is 0 Å². The summed E-state index contributed by atoms with van der Waals surface area (Å²) in [5.74, 6) is 1.42. The zero-order chi connectivity index (χ0) is 21.2. The smallest absolute Gasteiger partial charge is 0.191 e. The van der Waals surface area contributed by atoms with Crippen LogP contribution >= 0.6 is 24.0 Å². The Morgan fingerprint density at radius 1 is 1.23 bits per heavy atom. The lowest BCUT2D eigenvalue weighted by Gasteiger charge is -2.37. The zero-order valence-electron chi connectivity index (χ0n) is 19.5. The van der Waals surface area contributed by atoms with Gasteiger partial charge in [0.2, 0.25) is 0 Å². The van der Waals surface area contributed by atoms with Gasteiger partial charge in [-0.15, -0.1) is 24.0 Å². The van der Waals surface area contributed by atoms with Crippen molar-refractivity contribution in [3.05, 3.63) is 17.0 Å². The molecule has 1 aromatic heterocycles. The van der Waals surface area contributed by atoms with Gasteiger partial charge in [0.1, 0.15) is 0 Å². The summed E-state index contributed by atoms with van der Waals surface area (Å²) in [5.41, 5.74) is 3.38. The number of ether oxygens (including phenoxy) is 2. The van der Waals surface area contributed by atoms with Gasteiger partial charge in [-0.3, -0.25) is 9.58 Å². The highest BCUT2D eigenvalue weighted by atomic mass is 127. The lowest BCUT2D eigenvalue weighted by Crippen LogP contribution is -2.52. The third-order valence-corrected chi connectivity index (χ3v) is 5.54. The van der Waals surface area contributed by atoms with Crippen LogP contribution in [0.15, 0.2) is 4.99 Å². The van der Waals surface area contributed by atoms with Crippen LogP contribution in [0.2, 0.25) is 0 Å². The summed E-state index contributed by atoms with van der Waals surface area (Å²) in [6, 6.07) is 0.461. The van der Waals surface area contributed by atoms with Crippen molar-refractivity contribution >= 4 is 29.9 Å². The molecule has 2 N–H and O–H groups in total. The Morgan fingerprint density at radius 2 is 1.93 bits per heavy atom. The van der Waals surface area contributed by atoms with E-state index in [1.165, 1.54) is 5.56 Å². The first-order valence-corrected chi connectivity index (χ1v) is 10.8. The number of halogens is 1. The molecule has 1 unspecified atom stereocenters. The van der Waals surface area contributed by atoms with E-state index in [0.717, 1.165) is 63.3 Å². The summed E-state index contributed by atoms with van der Waals surface area (Å²) < 4.78 is 12.7. The van der Waals surface area contributed by atoms with Crippen LogP contribution in [0.5, 0.6) is 0 Å². The normalized spacial score (nSPS) is 16.4. The molecule has 2 rings (SSSR count). The molecule has 1 fully saturated rings. The quantitative estimate of drug-likeness (QED) is 0.271. The van der Waals surface area contributed by atoms with Crippen molar-refractivity contribution < 1.29 is 9.47 Å². The number of morpholine rings is 1. The molecule has 0 amide bonds. The summed E-state index contributed by atoms with van der Waals surface area (Å²) in [4.78, 5) is 7.37. The van der Waals surface area contributed by atoms with Gasteiger partial charge in [0.05, 0.1) is 38.6 Å². The number of aliphatic imine (C=N–C) groups is 1. The van der Waals surface area contributed by atoms with Gasteiger partial charge in [0.25, 0.3) is 0 Å². The molecule has 1 atom stereocenters. The highest BCUT2D eigenvalue weighted by molar-refractivity contribution is 14.0. The third-order valence-electron chi connectivity index (χ3n) is 5.54. The maximum Gasteiger partial charge on any atom is 0.191 e. The van der Waals surface area contributed by atoms with E-state index >= 15 is 0 Å². The predicted octanol–water partition coefficient (Wildman–Crippen LogP) is 2.18. The fourth-order valence-electron chi connectivity index (χ4n) is 3.75. The molecule has 1 saturated heterocycles. The third kappa shape index (κ3) is 7.97. The van der Waals surface area contributed by atoms with Gasteiger partial charge >= 0.3 is 0 Å². The van der Waals surface area contributed by atoms with Crippen LogP contribution in [0.1, 0.15) is 37.7 Å². The molecular weight excluding hydrogens is 495 g/mol. The average Bonchev–Trinajstić information content (AvgIpc) is 2.98. The Bertz CT molecular complexity index is 644. The van der Waals surface area contributed by atoms with E-state index in [1.807, 2.05) is 4.68 Å². The van der Waals surface area contributed by atoms with Crippen LogP contribution in [0, 0.1) is 19.8 Å². The van der Waals surface area contributed by atoms with Crippen LogP contribution in [-0.4, -0.2) is 79.8 Å². The first kappa shape index (κ1) is 27.1. The highest BCUT2D eigenvalue weighted by Crippen LogP contribution is 2.15. The zero-order valence-corrected chi connectivity index (χ0v) is 21.9. The van der Waals surface area contributed by atoms with Crippen LogP contribution in [0.25, 0.3) is 0 Å². The largest absolute Gasteiger partial charge is 0.383 e. The second-order valence-electron chi connectivity index (χ2n) is 7.90. The molecule has 0 aliphatic carbocycles. The van der Waals surface area contributed by atoms with E-state index in [0.29, 0.717) is 25.1 Å². The van der Waals surface area contributed by atoms with Crippen LogP contribution in [0.4, 0.5) is 0 Å². The minimum atomic E-state index is 0. The minimum Gasteiger partial charge on any atom is -0.383 e. The number of aryl methyl sites for hydroxylation is 1. The standard InChI is InChI=1S/C21H40N6O2.HI/c1-7-22-21(24-15-20(16(2)3)26-8-12-29-13-9-26)23-14-19-17(4)25-27(18(19)5)10-11-28-6;/h16,20H,7-15H2,1-6H3,(H2,22,23,24);1H. The SMILES string of the molecule is CCNC(=NCc1c(C)nn(CCOC)c1C)NCC(C(C)C)N1CCOCC1.I. The Labute approximate surface area is 199 Å². The Morgan fingerprint density at radius 3 is 2.53 bits per heavy atom. The first-order valence-electron chi connectivity index (χ1n) is 10.8. The first-order chi connectivity index (χ1) is 14.0. The van der Waals surface area contributed by atoms with E-state index in [4.69, 9.17) is 14.5 Å². The van der Waals surface area contributed by atoms with Crippen molar-refractivity contribution in [2.24, 2.45) is 10.9 Å². The van der Waals surface area contributed by atoms with Gasteiger partial charge in [-0.1, -0.05) is 13.8 Å². The van der Waals surface area contributed by atoms with Gasteiger partial charge < -0.3 is 20.1 Å². The maximum absolute atomic E-state index is 5.52. The van der Waals surface area contributed by atoms with Gasteiger partial charge in [-0.2, -0.15) is 5.10 Å². The van der Waals surface area contributed by atoms with Crippen molar-refractivity contribution in [2.75, 3.05) is 53.1 Å². The second kappa shape index (κ2) is 14.2. The average molecular weight is 537 g/mol. The van der Waals surface area contributed by atoms with Crippen LogP contribution < -0.4 is 10.6 Å². The van der Waals surface area contributed by atoms with Crippen molar-refractivity contribution in [3.8, 4) is 0 Å². The van der Waals surface area contributed by atoms with Crippen LogP contribution in [-0.2, 0) is 22.6 Å².